The zero-order valence-electron chi connectivity index (χ0n) is 16.1. The van der Waals surface area contributed by atoms with Crippen LogP contribution in [-0.4, -0.2) is 61.4 Å². The molecule has 1 aromatic heterocycles. The highest BCUT2D eigenvalue weighted by Gasteiger charge is 2.28. The van der Waals surface area contributed by atoms with Gasteiger partial charge in [0.2, 0.25) is 5.91 Å². The number of halogens is 1. The second-order valence-electron chi connectivity index (χ2n) is 7.33. The summed E-state index contributed by atoms with van der Waals surface area (Å²) in [7, 11) is 1.82. The highest BCUT2D eigenvalue weighted by molar-refractivity contribution is 14.0. The van der Waals surface area contributed by atoms with Crippen LogP contribution in [0.1, 0.15) is 43.9 Å². The summed E-state index contributed by atoms with van der Waals surface area (Å²) in [6.45, 7) is 4.77. The van der Waals surface area contributed by atoms with Gasteiger partial charge in [-0.2, -0.15) is 0 Å². The fourth-order valence-corrected chi connectivity index (χ4v) is 4.17. The number of hydrogen-bond donors (Lipinski definition) is 2. The molecule has 0 bridgehead atoms. The lowest BCUT2D eigenvalue weighted by atomic mass is 9.95. The Morgan fingerprint density at radius 2 is 2.15 bits per heavy atom. The summed E-state index contributed by atoms with van der Waals surface area (Å²) in [5, 5.41) is 3.54. The van der Waals surface area contributed by atoms with E-state index in [4.69, 9.17) is 10.2 Å². The standard InChI is InChI=1S/C19H31N5O2.HI/c1-21-19(24-10-4-6-15(14-24)12-18(20)25)22-13-16(17-7-5-11-26-17)23-8-2-3-9-23;/h5,7,11,15-16H,2-4,6,8-10,12-14H2,1H3,(H2,20,25)(H,21,22);1H. The van der Waals surface area contributed by atoms with E-state index in [0.29, 0.717) is 12.3 Å². The van der Waals surface area contributed by atoms with E-state index in [1.54, 1.807) is 6.26 Å². The normalized spacial score (nSPS) is 22.3. The lowest BCUT2D eigenvalue weighted by molar-refractivity contribution is -0.119. The Balaban J connectivity index is 0.00000261. The third-order valence-corrected chi connectivity index (χ3v) is 5.43. The molecule has 8 heteroatoms. The van der Waals surface area contributed by atoms with Crippen LogP contribution < -0.4 is 11.1 Å². The smallest absolute Gasteiger partial charge is 0.217 e. The van der Waals surface area contributed by atoms with Crippen molar-refractivity contribution < 1.29 is 9.21 Å². The summed E-state index contributed by atoms with van der Waals surface area (Å²) in [5.74, 6) is 2.00. The van der Waals surface area contributed by atoms with Crippen LogP contribution in [0.3, 0.4) is 0 Å². The zero-order valence-corrected chi connectivity index (χ0v) is 18.4. The molecule has 27 heavy (non-hydrogen) atoms. The third kappa shape index (κ3) is 6.10. The van der Waals surface area contributed by atoms with Gasteiger partial charge in [0.05, 0.1) is 12.3 Å². The van der Waals surface area contributed by atoms with Crippen LogP contribution in [0.25, 0.3) is 0 Å². The first-order valence-electron chi connectivity index (χ1n) is 9.68. The van der Waals surface area contributed by atoms with Crippen molar-refractivity contribution in [1.82, 2.24) is 15.1 Å². The molecule has 2 unspecified atom stereocenters. The van der Waals surface area contributed by atoms with Crippen LogP contribution in [0.2, 0.25) is 0 Å². The summed E-state index contributed by atoms with van der Waals surface area (Å²) >= 11 is 0. The molecule has 0 radical (unpaired) electrons. The Morgan fingerprint density at radius 1 is 1.37 bits per heavy atom. The summed E-state index contributed by atoms with van der Waals surface area (Å²) in [5.41, 5.74) is 5.38. The molecule has 2 aliphatic heterocycles. The number of hydrogen-bond acceptors (Lipinski definition) is 4. The maximum atomic E-state index is 11.2. The van der Waals surface area contributed by atoms with E-state index >= 15 is 0 Å². The molecule has 0 spiro atoms. The van der Waals surface area contributed by atoms with Gasteiger partial charge in [-0.1, -0.05) is 0 Å². The van der Waals surface area contributed by atoms with Crippen molar-refractivity contribution in [3.05, 3.63) is 24.2 Å². The highest BCUT2D eigenvalue weighted by atomic mass is 127. The fraction of sp³-hybridized carbons (Fsp3) is 0.684. The van der Waals surface area contributed by atoms with Crippen molar-refractivity contribution in [3.8, 4) is 0 Å². The lowest BCUT2D eigenvalue weighted by Crippen LogP contribution is -2.49. The van der Waals surface area contributed by atoms with E-state index in [1.807, 2.05) is 13.1 Å². The second kappa shape index (κ2) is 10.9. The van der Waals surface area contributed by atoms with Gasteiger partial charge in [0.15, 0.2) is 5.96 Å². The molecule has 3 rings (SSSR count). The molecule has 2 atom stereocenters. The van der Waals surface area contributed by atoms with Crippen LogP contribution in [0.15, 0.2) is 27.8 Å². The molecule has 3 heterocycles. The van der Waals surface area contributed by atoms with Crippen molar-refractivity contribution in [2.24, 2.45) is 16.6 Å². The van der Waals surface area contributed by atoms with Crippen molar-refractivity contribution in [2.45, 2.75) is 38.1 Å². The number of guanidine groups is 1. The van der Waals surface area contributed by atoms with Gasteiger partial charge in [0.1, 0.15) is 5.76 Å². The summed E-state index contributed by atoms with van der Waals surface area (Å²) in [6, 6.07) is 4.22. The maximum Gasteiger partial charge on any atom is 0.217 e. The molecular weight excluding hydrogens is 457 g/mol. The van der Waals surface area contributed by atoms with Crippen LogP contribution in [0.5, 0.6) is 0 Å². The van der Waals surface area contributed by atoms with Crippen molar-refractivity contribution in [1.29, 1.82) is 0 Å². The van der Waals surface area contributed by atoms with Gasteiger partial charge in [-0.05, 0) is 56.8 Å². The molecule has 2 fully saturated rings. The molecule has 2 aliphatic rings. The first-order chi connectivity index (χ1) is 12.7. The van der Waals surface area contributed by atoms with Crippen molar-refractivity contribution >= 4 is 35.8 Å². The Labute approximate surface area is 178 Å². The second-order valence-corrected chi connectivity index (χ2v) is 7.33. The number of nitrogens with one attached hydrogen (secondary N) is 1. The monoisotopic (exact) mass is 489 g/mol. The number of nitrogens with zero attached hydrogens (tertiary/aromatic N) is 3. The van der Waals surface area contributed by atoms with Gasteiger partial charge in [0.25, 0.3) is 0 Å². The minimum atomic E-state index is -0.216. The maximum absolute atomic E-state index is 11.2. The quantitative estimate of drug-likeness (QED) is 0.364. The Kier molecular flexibility index (Phi) is 8.88. The predicted molar refractivity (Wildman–Crippen MR) is 117 cm³/mol. The van der Waals surface area contributed by atoms with Crippen LogP contribution in [0.4, 0.5) is 0 Å². The molecular formula is C19H32IN5O2. The average Bonchev–Trinajstić information content (AvgIpc) is 3.32. The number of primary amides is 1. The van der Waals surface area contributed by atoms with Crippen LogP contribution in [-0.2, 0) is 4.79 Å². The van der Waals surface area contributed by atoms with E-state index in [1.165, 1.54) is 12.8 Å². The average molecular weight is 489 g/mol. The third-order valence-electron chi connectivity index (χ3n) is 5.43. The zero-order chi connectivity index (χ0) is 18.4. The summed E-state index contributed by atoms with van der Waals surface area (Å²) in [6.07, 6.45) is 6.80. The summed E-state index contributed by atoms with van der Waals surface area (Å²) < 4.78 is 5.69. The van der Waals surface area contributed by atoms with Crippen molar-refractivity contribution in [3.63, 3.8) is 0 Å². The van der Waals surface area contributed by atoms with E-state index < -0.39 is 0 Å². The molecule has 0 aromatic carbocycles. The number of aliphatic imine (C=N–C) groups is 1. The molecule has 152 valence electrons. The number of furan rings is 1. The van der Waals surface area contributed by atoms with Crippen LogP contribution in [0, 0.1) is 5.92 Å². The van der Waals surface area contributed by atoms with E-state index in [9.17, 15) is 4.79 Å². The number of rotatable bonds is 6. The fourth-order valence-electron chi connectivity index (χ4n) is 4.17. The summed E-state index contributed by atoms with van der Waals surface area (Å²) in [4.78, 5) is 20.4. The number of piperidine rings is 1. The Morgan fingerprint density at radius 3 is 2.78 bits per heavy atom. The molecule has 0 aliphatic carbocycles. The number of likely N-dealkylation sites (tertiary alicyclic amines) is 2. The molecule has 7 nitrogen and oxygen atoms in total. The van der Waals surface area contributed by atoms with Gasteiger partial charge >= 0.3 is 0 Å². The highest BCUT2D eigenvalue weighted by Crippen LogP contribution is 2.25. The Hall–Kier alpha value is -1.29. The number of carbonyl (C=O) groups excluding carboxylic acids is 1. The van der Waals surface area contributed by atoms with E-state index in [0.717, 1.165) is 57.3 Å². The van der Waals surface area contributed by atoms with E-state index in [2.05, 4.69) is 26.2 Å². The number of amides is 1. The number of nitrogens with two attached hydrogens (primary N) is 1. The van der Waals surface area contributed by atoms with Gasteiger partial charge in [-0.15, -0.1) is 24.0 Å². The Bertz CT molecular complexity index is 601. The predicted octanol–water partition coefficient (Wildman–Crippen LogP) is 2.20. The van der Waals surface area contributed by atoms with Gasteiger partial charge in [0, 0.05) is 33.1 Å². The van der Waals surface area contributed by atoms with Gasteiger partial charge in [-0.3, -0.25) is 14.7 Å². The number of carbonyl (C=O) groups is 1. The lowest BCUT2D eigenvalue weighted by Gasteiger charge is -2.35. The minimum absolute atomic E-state index is 0. The van der Waals surface area contributed by atoms with Gasteiger partial charge in [-0.25, -0.2) is 0 Å². The van der Waals surface area contributed by atoms with Crippen LogP contribution >= 0.6 is 24.0 Å². The molecule has 1 aromatic rings. The molecule has 1 amide bonds. The van der Waals surface area contributed by atoms with E-state index in [-0.39, 0.29) is 35.9 Å². The van der Waals surface area contributed by atoms with Crippen molar-refractivity contribution in [2.75, 3.05) is 39.8 Å². The molecule has 0 saturated carbocycles. The largest absolute Gasteiger partial charge is 0.468 e. The SMILES string of the molecule is CN=C(NCC(c1ccco1)N1CCCC1)N1CCCC(CC(N)=O)C1.I. The topological polar surface area (TPSA) is 87.1 Å². The molecule has 3 N–H and O–H groups in total. The molecule has 2 saturated heterocycles. The minimum Gasteiger partial charge on any atom is -0.468 e. The first-order valence-corrected chi connectivity index (χ1v) is 9.68. The van der Waals surface area contributed by atoms with Gasteiger partial charge < -0.3 is 20.4 Å². The first kappa shape index (κ1) is 22.0.